The number of carbonyl (C=O) groups excluding carboxylic acids is 2. The normalized spacial score (nSPS) is 21.9. The van der Waals surface area contributed by atoms with E-state index in [1.54, 1.807) is 23.0 Å². The van der Waals surface area contributed by atoms with Gasteiger partial charge in [-0.15, -0.1) is 5.10 Å². The zero-order valence-corrected chi connectivity index (χ0v) is 15.8. The standard InChI is InChI=1S/C20H26N6O2/c21-14-3-9-17(10-4-14)26-12-18(24-25-26)20(28)23-16-5-1-13(2-6-16)11-19(27)22-15-7-8-15/h1-2,5-6,12,14-15,17H,3-4,7-11,21H2,(H,22,27)(H,23,28). The van der Waals surface area contributed by atoms with Crippen LogP contribution in [-0.4, -0.2) is 38.9 Å². The molecule has 4 N–H and O–H groups in total. The Kier molecular flexibility index (Phi) is 5.38. The van der Waals surface area contributed by atoms with E-state index < -0.39 is 0 Å². The first kappa shape index (κ1) is 18.6. The fourth-order valence-electron chi connectivity index (χ4n) is 3.52. The summed E-state index contributed by atoms with van der Waals surface area (Å²) in [6.45, 7) is 0. The van der Waals surface area contributed by atoms with Crippen LogP contribution in [0.4, 0.5) is 5.69 Å². The van der Waals surface area contributed by atoms with E-state index in [2.05, 4.69) is 20.9 Å². The van der Waals surface area contributed by atoms with Crippen LogP contribution < -0.4 is 16.4 Å². The molecule has 2 amide bonds. The Morgan fingerprint density at radius 2 is 1.79 bits per heavy atom. The van der Waals surface area contributed by atoms with E-state index in [-0.39, 0.29) is 23.9 Å². The van der Waals surface area contributed by atoms with Crippen LogP contribution in [0.5, 0.6) is 0 Å². The molecule has 0 saturated heterocycles. The SMILES string of the molecule is NC1CCC(n2cc(C(=O)Nc3ccc(CC(=O)NC4CC4)cc3)nn2)CC1. The lowest BCUT2D eigenvalue weighted by molar-refractivity contribution is -0.120. The number of carbonyl (C=O) groups is 2. The second kappa shape index (κ2) is 8.10. The van der Waals surface area contributed by atoms with Crippen molar-refractivity contribution in [1.82, 2.24) is 20.3 Å². The van der Waals surface area contributed by atoms with Gasteiger partial charge < -0.3 is 16.4 Å². The highest BCUT2D eigenvalue weighted by Crippen LogP contribution is 2.27. The molecule has 148 valence electrons. The number of anilines is 1. The molecule has 0 atom stereocenters. The molecule has 0 spiro atoms. The average molecular weight is 382 g/mol. The summed E-state index contributed by atoms with van der Waals surface area (Å²) in [5.74, 6) is -0.252. The topological polar surface area (TPSA) is 115 Å². The van der Waals surface area contributed by atoms with E-state index in [1.807, 2.05) is 12.1 Å². The molecule has 2 saturated carbocycles. The molecule has 0 unspecified atom stereocenters. The quantitative estimate of drug-likeness (QED) is 0.705. The molecular weight excluding hydrogens is 356 g/mol. The van der Waals surface area contributed by atoms with Crippen LogP contribution in [0.15, 0.2) is 30.5 Å². The molecule has 0 bridgehead atoms. The molecule has 8 nitrogen and oxygen atoms in total. The highest BCUT2D eigenvalue weighted by atomic mass is 16.2. The fraction of sp³-hybridized carbons (Fsp3) is 0.500. The van der Waals surface area contributed by atoms with Gasteiger partial charge in [-0.1, -0.05) is 17.3 Å². The highest BCUT2D eigenvalue weighted by molar-refractivity contribution is 6.02. The molecule has 4 rings (SSSR count). The van der Waals surface area contributed by atoms with Crippen LogP contribution in [0.1, 0.15) is 60.6 Å². The lowest BCUT2D eigenvalue weighted by Gasteiger charge is -2.25. The van der Waals surface area contributed by atoms with Crippen molar-refractivity contribution in [1.29, 1.82) is 0 Å². The molecule has 28 heavy (non-hydrogen) atoms. The van der Waals surface area contributed by atoms with Gasteiger partial charge in [-0.2, -0.15) is 0 Å². The third kappa shape index (κ3) is 4.75. The smallest absolute Gasteiger partial charge is 0.277 e. The van der Waals surface area contributed by atoms with Crippen molar-refractivity contribution in [3.05, 3.63) is 41.7 Å². The molecule has 8 heteroatoms. The first-order chi connectivity index (χ1) is 13.6. The van der Waals surface area contributed by atoms with Crippen molar-refractivity contribution in [2.45, 2.75) is 63.1 Å². The van der Waals surface area contributed by atoms with Crippen molar-refractivity contribution in [3.63, 3.8) is 0 Å². The molecule has 1 aromatic heterocycles. The zero-order chi connectivity index (χ0) is 19.5. The Labute approximate surface area is 163 Å². The highest BCUT2D eigenvalue weighted by Gasteiger charge is 2.23. The summed E-state index contributed by atoms with van der Waals surface area (Å²) in [5.41, 5.74) is 7.81. The van der Waals surface area contributed by atoms with E-state index >= 15 is 0 Å². The van der Waals surface area contributed by atoms with Crippen LogP contribution in [0.3, 0.4) is 0 Å². The van der Waals surface area contributed by atoms with Gasteiger partial charge in [0.05, 0.1) is 18.7 Å². The Morgan fingerprint density at radius 3 is 2.46 bits per heavy atom. The predicted octanol–water partition coefficient (Wildman–Crippen LogP) is 1.79. The number of rotatable bonds is 6. The van der Waals surface area contributed by atoms with Gasteiger partial charge in [0.1, 0.15) is 0 Å². The van der Waals surface area contributed by atoms with Crippen molar-refractivity contribution in [3.8, 4) is 0 Å². The fourth-order valence-corrected chi connectivity index (χ4v) is 3.52. The zero-order valence-electron chi connectivity index (χ0n) is 15.8. The molecular formula is C20H26N6O2. The summed E-state index contributed by atoms with van der Waals surface area (Å²) in [4.78, 5) is 24.3. The van der Waals surface area contributed by atoms with Crippen molar-refractivity contribution < 1.29 is 9.59 Å². The molecule has 1 heterocycles. The molecule has 2 aromatic rings. The molecule has 2 aliphatic carbocycles. The summed E-state index contributed by atoms with van der Waals surface area (Å²) in [6.07, 6.45) is 8.07. The Balaban J connectivity index is 1.31. The minimum atomic E-state index is -0.294. The van der Waals surface area contributed by atoms with Gasteiger partial charge in [-0.05, 0) is 56.2 Å². The molecule has 1 aromatic carbocycles. The number of nitrogens with zero attached hydrogens (tertiary/aromatic N) is 3. The Bertz CT molecular complexity index is 835. The van der Waals surface area contributed by atoms with Gasteiger partial charge in [-0.25, -0.2) is 4.68 Å². The number of amides is 2. The Morgan fingerprint density at radius 1 is 1.07 bits per heavy atom. The summed E-state index contributed by atoms with van der Waals surface area (Å²) in [6, 6.07) is 8.19. The number of nitrogens with two attached hydrogens (primary N) is 1. The first-order valence-electron chi connectivity index (χ1n) is 9.94. The van der Waals surface area contributed by atoms with Gasteiger partial charge in [0.25, 0.3) is 5.91 Å². The number of hydrogen-bond acceptors (Lipinski definition) is 5. The number of benzene rings is 1. The van der Waals surface area contributed by atoms with Crippen LogP contribution in [0.2, 0.25) is 0 Å². The summed E-state index contributed by atoms with van der Waals surface area (Å²) >= 11 is 0. The summed E-state index contributed by atoms with van der Waals surface area (Å²) < 4.78 is 1.78. The first-order valence-corrected chi connectivity index (χ1v) is 9.94. The monoisotopic (exact) mass is 382 g/mol. The maximum absolute atomic E-state index is 12.4. The van der Waals surface area contributed by atoms with E-state index in [0.29, 0.717) is 23.8 Å². The molecule has 0 radical (unpaired) electrons. The Hall–Kier alpha value is -2.74. The van der Waals surface area contributed by atoms with Crippen LogP contribution in [-0.2, 0) is 11.2 Å². The molecule has 2 aliphatic rings. The largest absolute Gasteiger partial charge is 0.353 e. The lowest BCUT2D eigenvalue weighted by Crippen LogP contribution is -2.28. The summed E-state index contributed by atoms with van der Waals surface area (Å²) in [5, 5.41) is 13.9. The summed E-state index contributed by atoms with van der Waals surface area (Å²) in [7, 11) is 0. The number of nitrogens with one attached hydrogen (secondary N) is 2. The van der Waals surface area contributed by atoms with Gasteiger partial charge in [-0.3, -0.25) is 9.59 Å². The maximum Gasteiger partial charge on any atom is 0.277 e. The van der Waals surface area contributed by atoms with Crippen molar-refractivity contribution >= 4 is 17.5 Å². The van der Waals surface area contributed by atoms with Gasteiger partial charge in [0, 0.05) is 17.8 Å². The third-order valence-corrected chi connectivity index (χ3v) is 5.38. The predicted molar refractivity (Wildman–Crippen MR) is 105 cm³/mol. The van der Waals surface area contributed by atoms with Gasteiger partial charge in [0.2, 0.25) is 5.91 Å². The van der Waals surface area contributed by atoms with Crippen molar-refractivity contribution in [2.75, 3.05) is 5.32 Å². The number of aromatic nitrogens is 3. The van der Waals surface area contributed by atoms with E-state index in [9.17, 15) is 9.59 Å². The van der Waals surface area contributed by atoms with E-state index in [4.69, 9.17) is 5.73 Å². The minimum Gasteiger partial charge on any atom is -0.353 e. The van der Waals surface area contributed by atoms with Crippen LogP contribution >= 0.6 is 0 Å². The number of hydrogen-bond donors (Lipinski definition) is 3. The average Bonchev–Trinajstić information content (AvgIpc) is 3.35. The lowest BCUT2D eigenvalue weighted by atomic mass is 9.92. The van der Waals surface area contributed by atoms with Crippen molar-refractivity contribution in [2.24, 2.45) is 5.73 Å². The van der Waals surface area contributed by atoms with E-state index in [1.165, 1.54) is 0 Å². The van der Waals surface area contributed by atoms with Crippen LogP contribution in [0.25, 0.3) is 0 Å². The second-order valence-electron chi connectivity index (χ2n) is 7.82. The third-order valence-electron chi connectivity index (χ3n) is 5.38. The van der Waals surface area contributed by atoms with E-state index in [0.717, 1.165) is 44.1 Å². The minimum absolute atomic E-state index is 0.0413. The molecule has 0 aliphatic heterocycles. The molecule has 2 fully saturated rings. The second-order valence-corrected chi connectivity index (χ2v) is 7.82. The maximum atomic E-state index is 12.4. The van der Waals surface area contributed by atoms with Gasteiger partial charge in [0.15, 0.2) is 5.69 Å². The van der Waals surface area contributed by atoms with Crippen LogP contribution in [0, 0.1) is 0 Å². The van der Waals surface area contributed by atoms with Gasteiger partial charge >= 0.3 is 0 Å².